The number of alkyl halides is 3. The van der Waals surface area contributed by atoms with Crippen LogP contribution < -0.4 is 10.3 Å². The molecule has 1 heterocycles. The fourth-order valence-corrected chi connectivity index (χ4v) is 2.68. The van der Waals surface area contributed by atoms with Crippen molar-refractivity contribution < 1.29 is 17.9 Å². The number of methoxy groups -OCH3 is 1. The van der Waals surface area contributed by atoms with Gasteiger partial charge in [-0.2, -0.15) is 28.2 Å². The van der Waals surface area contributed by atoms with Gasteiger partial charge >= 0.3 is 6.18 Å². The molecule has 0 spiro atoms. The van der Waals surface area contributed by atoms with Gasteiger partial charge in [-0.25, -0.2) is 0 Å². The van der Waals surface area contributed by atoms with Crippen LogP contribution in [0.25, 0.3) is 11.3 Å². The van der Waals surface area contributed by atoms with E-state index in [9.17, 15) is 18.0 Å². The highest BCUT2D eigenvalue weighted by Gasteiger charge is 2.36. The van der Waals surface area contributed by atoms with E-state index in [1.165, 1.54) is 19.4 Å². The van der Waals surface area contributed by atoms with Crippen LogP contribution in [0.1, 0.15) is 16.7 Å². The zero-order valence-corrected chi connectivity index (χ0v) is 15.1. The standard InChI is InChI=1S/C21H14F3N3O2/c1-29-16-9-7-14(8-10-16)13-26-27-19(15-5-3-2-4-6-15)11-18(21(22,23)24)17(12-25)20(27)28/h2-11,13H,1H3. The first-order chi connectivity index (χ1) is 13.8. The Labute approximate surface area is 163 Å². The molecular formula is C21H14F3N3O2. The number of hydrogen-bond donors (Lipinski definition) is 0. The molecule has 0 saturated heterocycles. The molecule has 0 unspecified atom stereocenters. The van der Waals surface area contributed by atoms with Crippen molar-refractivity contribution in [2.75, 3.05) is 7.11 Å². The summed E-state index contributed by atoms with van der Waals surface area (Å²) >= 11 is 0. The molecule has 0 amide bonds. The first kappa shape index (κ1) is 19.9. The van der Waals surface area contributed by atoms with Crippen LogP contribution in [0.15, 0.2) is 70.6 Å². The second-order valence-electron chi connectivity index (χ2n) is 5.93. The minimum absolute atomic E-state index is 0.0771. The van der Waals surface area contributed by atoms with Crippen LogP contribution in [-0.4, -0.2) is 18.0 Å². The summed E-state index contributed by atoms with van der Waals surface area (Å²) in [5.74, 6) is 0.616. The second kappa shape index (κ2) is 8.02. The Hall–Kier alpha value is -3.86. The van der Waals surface area contributed by atoms with Crippen molar-refractivity contribution in [1.82, 2.24) is 4.68 Å². The van der Waals surface area contributed by atoms with E-state index in [-0.39, 0.29) is 5.69 Å². The SMILES string of the molecule is COc1ccc(C=Nn2c(-c3ccccc3)cc(C(F)(F)F)c(C#N)c2=O)cc1. The molecule has 1 aromatic heterocycles. The van der Waals surface area contributed by atoms with Crippen LogP contribution >= 0.6 is 0 Å². The Balaban J connectivity index is 2.22. The molecule has 2 aromatic carbocycles. The van der Waals surface area contributed by atoms with E-state index < -0.39 is 22.9 Å². The summed E-state index contributed by atoms with van der Waals surface area (Å²) in [6.07, 6.45) is -3.53. The van der Waals surface area contributed by atoms with Crippen LogP contribution in [0.5, 0.6) is 5.75 Å². The number of pyridine rings is 1. The predicted molar refractivity (Wildman–Crippen MR) is 102 cm³/mol. The van der Waals surface area contributed by atoms with Crippen LogP contribution in [0, 0.1) is 11.3 Å². The molecule has 0 radical (unpaired) electrons. The van der Waals surface area contributed by atoms with E-state index in [1.54, 1.807) is 54.6 Å². The number of halogens is 3. The fourth-order valence-electron chi connectivity index (χ4n) is 2.68. The summed E-state index contributed by atoms with van der Waals surface area (Å²) in [6.45, 7) is 0. The largest absolute Gasteiger partial charge is 0.497 e. The molecule has 0 atom stereocenters. The lowest BCUT2D eigenvalue weighted by Crippen LogP contribution is -2.26. The highest BCUT2D eigenvalue weighted by Crippen LogP contribution is 2.33. The number of nitriles is 1. The topological polar surface area (TPSA) is 67.4 Å². The van der Waals surface area contributed by atoms with Crippen molar-refractivity contribution in [3.8, 4) is 23.1 Å². The molecule has 3 aromatic rings. The molecule has 0 aliphatic carbocycles. The summed E-state index contributed by atoms with van der Waals surface area (Å²) in [5.41, 5.74) is -2.58. The molecule has 0 fully saturated rings. The van der Waals surface area contributed by atoms with Crippen LogP contribution in [0.3, 0.4) is 0 Å². The number of aromatic nitrogens is 1. The second-order valence-corrected chi connectivity index (χ2v) is 5.93. The van der Waals surface area contributed by atoms with Crippen molar-refractivity contribution >= 4 is 6.21 Å². The maximum atomic E-state index is 13.4. The first-order valence-electron chi connectivity index (χ1n) is 8.36. The van der Waals surface area contributed by atoms with Gasteiger partial charge < -0.3 is 4.74 Å². The van der Waals surface area contributed by atoms with Crippen molar-refractivity contribution in [3.05, 3.63) is 87.7 Å². The lowest BCUT2D eigenvalue weighted by Gasteiger charge is -2.14. The average molecular weight is 397 g/mol. The van der Waals surface area contributed by atoms with Gasteiger partial charge in [0, 0.05) is 5.56 Å². The molecule has 8 heteroatoms. The van der Waals surface area contributed by atoms with Gasteiger partial charge in [0.1, 0.15) is 17.4 Å². The third-order valence-corrected chi connectivity index (χ3v) is 4.11. The minimum atomic E-state index is -4.85. The van der Waals surface area contributed by atoms with Crippen molar-refractivity contribution in [2.45, 2.75) is 6.18 Å². The third kappa shape index (κ3) is 4.19. The molecule has 0 aliphatic heterocycles. The molecular weight excluding hydrogens is 383 g/mol. The van der Waals surface area contributed by atoms with Crippen molar-refractivity contribution in [3.63, 3.8) is 0 Å². The molecule has 0 bridgehead atoms. The first-order valence-corrected chi connectivity index (χ1v) is 8.36. The summed E-state index contributed by atoms with van der Waals surface area (Å²) in [7, 11) is 1.51. The highest BCUT2D eigenvalue weighted by atomic mass is 19.4. The van der Waals surface area contributed by atoms with Crippen molar-refractivity contribution in [2.24, 2.45) is 5.10 Å². The molecule has 0 N–H and O–H groups in total. The summed E-state index contributed by atoms with van der Waals surface area (Å²) in [6, 6.07) is 16.9. The molecule has 0 saturated carbocycles. The maximum absolute atomic E-state index is 13.4. The quantitative estimate of drug-likeness (QED) is 0.617. The van der Waals surface area contributed by atoms with E-state index in [0.29, 0.717) is 16.9 Å². The van der Waals surface area contributed by atoms with Crippen molar-refractivity contribution in [1.29, 1.82) is 5.26 Å². The monoisotopic (exact) mass is 397 g/mol. The summed E-state index contributed by atoms with van der Waals surface area (Å²) in [5, 5.41) is 13.2. The summed E-state index contributed by atoms with van der Waals surface area (Å²) < 4.78 is 46.1. The summed E-state index contributed by atoms with van der Waals surface area (Å²) in [4.78, 5) is 12.7. The Kier molecular flexibility index (Phi) is 5.50. The van der Waals surface area contributed by atoms with Gasteiger partial charge in [0.15, 0.2) is 0 Å². The number of hydrogen-bond acceptors (Lipinski definition) is 4. The normalized spacial score (nSPS) is 11.4. The van der Waals surface area contributed by atoms with E-state index in [2.05, 4.69) is 5.10 Å². The number of nitrogens with zero attached hydrogens (tertiary/aromatic N) is 3. The van der Waals surface area contributed by atoms with E-state index in [1.807, 2.05) is 0 Å². The van der Waals surface area contributed by atoms with Gasteiger partial charge in [-0.3, -0.25) is 4.79 Å². The minimum Gasteiger partial charge on any atom is -0.497 e. The number of ether oxygens (including phenoxy) is 1. The van der Waals surface area contributed by atoms with Gasteiger partial charge in [-0.1, -0.05) is 30.3 Å². The molecule has 29 heavy (non-hydrogen) atoms. The van der Waals surface area contributed by atoms with Crippen LogP contribution in [-0.2, 0) is 6.18 Å². The van der Waals surface area contributed by atoms with E-state index in [4.69, 9.17) is 10.00 Å². The molecule has 0 aliphatic rings. The Morgan fingerprint density at radius 1 is 1.10 bits per heavy atom. The Bertz CT molecular complexity index is 1140. The molecule has 5 nitrogen and oxygen atoms in total. The van der Waals surface area contributed by atoms with E-state index in [0.717, 1.165) is 10.7 Å². The average Bonchev–Trinajstić information content (AvgIpc) is 2.72. The predicted octanol–water partition coefficient (Wildman–Crippen LogP) is 4.30. The maximum Gasteiger partial charge on any atom is 0.417 e. The van der Waals surface area contributed by atoms with Gasteiger partial charge in [0.25, 0.3) is 5.56 Å². The van der Waals surface area contributed by atoms with Gasteiger partial charge in [-0.05, 0) is 35.9 Å². The zero-order chi connectivity index (χ0) is 21.0. The third-order valence-electron chi connectivity index (χ3n) is 4.11. The zero-order valence-electron chi connectivity index (χ0n) is 15.1. The number of rotatable bonds is 4. The lowest BCUT2D eigenvalue weighted by molar-refractivity contribution is -0.137. The van der Waals surface area contributed by atoms with Crippen LogP contribution in [0.2, 0.25) is 0 Å². The number of benzene rings is 2. The smallest absolute Gasteiger partial charge is 0.417 e. The highest BCUT2D eigenvalue weighted by molar-refractivity contribution is 5.80. The molecule has 3 rings (SSSR count). The molecule has 146 valence electrons. The van der Waals surface area contributed by atoms with Crippen LogP contribution in [0.4, 0.5) is 13.2 Å². The van der Waals surface area contributed by atoms with Gasteiger partial charge in [0.05, 0.1) is 24.6 Å². The Morgan fingerprint density at radius 2 is 1.76 bits per heavy atom. The van der Waals surface area contributed by atoms with Gasteiger partial charge in [0.2, 0.25) is 0 Å². The fraction of sp³-hybridized carbons (Fsp3) is 0.0952. The van der Waals surface area contributed by atoms with E-state index >= 15 is 0 Å². The van der Waals surface area contributed by atoms with Gasteiger partial charge in [-0.15, -0.1) is 0 Å². The lowest BCUT2D eigenvalue weighted by atomic mass is 10.0. The Morgan fingerprint density at radius 3 is 2.31 bits per heavy atom.